The molecule has 17 heavy (non-hydrogen) atoms. The molecule has 1 fully saturated rings. The highest BCUT2D eigenvalue weighted by atomic mass is 15.2. The number of anilines is 1. The molecule has 1 N–H and O–H groups in total. The summed E-state index contributed by atoms with van der Waals surface area (Å²) >= 11 is 0. The van der Waals surface area contributed by atoms with Crippen molar-refractivity contribution in [3.63, 3.8) is 0 Å². The van der Waals surface area contributed by atoms with Gasteiger partial charge in [-0.15, -0.1) is 0 Å². The molecule has 1 aliphatic rings. The van der Waals surface area contributed by atoms with Gasteiger partial charge in [0.15, 0.2) is 0 Å². The van der Waals surface area contributed by atoms with Gasteiger partial charge in [-0.05, 0) is 45.8 Å². The normalized spacial score (nSPS) is 22.6. The average molecular weight is 233 g/mol. The Balaban J connectivity index is 2.21. The van der Waals surface area contributed by atoms with Crippen molar-refractivity contribution in [3.05, 3.63) is 23.9 Å². The second kappa shape index (κ2) is 5.50. The molecule has 0 spiro atoms. The summed E-state index contributed by atoms with van der Waals surface area (Å²) in [7, 11) is 2.21. The molecule has 1 aromatic rings. The summed E-state index contributed by atoms with van der Waals surface area (Å²) < 4.78 is 0. The first-order valence-corrected chi connectivity index (χ1v) is 6.64. The van der Waals surface area contributed by atoms with Crippen molar-refractivity contribution in [2.45, 2.75) is 45.2 Å². The molecule has 0 aliphatic carbocycles. The minimum Gasteiger partial charge on any atom is -0.367 e. The highest BCUT2D eigenvalue weighted by Crippen LogP contribution is 2.33. The molecule has 2 heterocycles. The predicted octanol–water partition coefficient (Wildman–Crippen LogP) is 3.06. The van der Waals surface area contributed by atoms with Crippen LogP contribution in [0.4, 0.5) is 5.82 Å². The van der Waals surface area contributed by atoms with Crippen LogP contribution in [0.1, 0.15) is 44.7 Å². The maximum absolute atomic E-state index is 4.51. The number of aromatic nitrogens is 1. The standard InChI is InChI=1S/C14H23N3/c1-4-11(2)16-14-12(7-5-9-15-14)13-8-6-10-17(13)3/h5,7,9,11,13H,4,6,8,10H2,1-3H3,(H,15,16)/t11-,13+/m1/s1. The third-order valence-corrected chi connectivity index (χ3v) is 3.71. The average Bonchev–Trinajstić information content (AvgIpc) is 2.76. The Hall–Kier alpha value is -1.09. The van der Waals surface area contributed by atoms with Crippen LogP contribution in [-0.4, -0.2) is 29.5 Å². The molecular weight excluding hydrogens is 210 g/mol. The third-order valence-electron chi connectivity index (χ3n) is 3.71. The minimum absolute atomic E-state index is 0.482. The Morgan fingerprint density at radius 1 is 1.59 bits per heavy atom. The number of nitrogens with zero attached hydrogens (tertiary/aromatic N) is 2. The van der Waals surface area contributed by atoms with Gasteiger partial charge in [0.1, 0.15) is 5.82 Å². The SMILES string of the molecule is CC[C@@H](C)Nc1ncccc1[C@@H]1CCCN1C. The van der Waals surface area contributed by atoms with Crippen LogP contribution in [0.25, 0.3) is 0 Å². The van der Waals surface area contributed by atoms with Crippen LogP contribution in [0.15, 0.2) is 18.3 Å². The van der Waals surface area contributed by atoms with Crippen molar-refractivity contribution in [2.24, 2.45) is 0 Å². The number of pyridine rings is 1. The van der Waals surface area contributed by atoms with Gasteiger partial charge in [0.05, 0.1) is 0 Å². The van der Waals surface area contributed by atoms with E-state index in [1.165, 1.54) is 24.9 Å². The van der Waals surface area contributed by atoms with Crippen LogP contribution in [-0.2, 0) is 0 Å². The zero-order chi connectivity index (χ0) is 12.3. The van der Waals surface area contributed by atoms with Gasteiger partial charge in [-0.25, -0.2) is 4.98 Å². The summed E-state index contributed by atoms with van der Waals surface area (Å²) in [5.41, 5.74) is 1.35. The number of hydrogen-bond acceptors (Lipinski definition) is 3. The fourth-order valence-corrected chi connectivity index (χ4v) is 2.45. The van der Waals surface area contributed by atoms with E-state index < -0.39 is 0 Å². The number of nitrogens with one attached hydrogen (secondary N) is 1. The molecular formula is C14H23N3. The summed E-state index contributed by atoms with van der Waals surface area (Å²) in [6.45, 7) is 5.60. The smallest absolute Gasteiger partial charge is 0.130 e. The Kier molecular flexibility index (Phi) is 4.00. The molecule has 1 aromatic heterocycles. The highest BCUT2D eigenvalue weighted by Gasteiger charge is 2.25. The van der Waals surface area contributed by atoms with E-state index in [-0.39, 0.29) is 0 Å². The van der Waals surface area contributed by atoms with Crippen LogP contribution in [0.3, 0.4) is 0 Å². The fourth-order valence-electron chi connectivity index (χ4n) is 2.45. The van der Waals surface area contributed by atoms with Crippen LogP contribution in [0, 0.1) is 0 Å². The first-order chi connectivity index (χ1) is 8.22. The zero-order valence-corrected chi connectivity index (χ0v) is 11.1. The van der Waals surface area contributed by atoms with Gasteiger partial charge in [-0.2, -0.15) is 0 Å². The van der Waals surface area contributed by atoms with E-state index in [9.17, 15) is 0 Å². The maximum atomic E-state index is 4.51. The molecule has 94 valence electrons. The molecule has 2 rings (SSSR count). The van der Waals surface area contributed by atoms with Gasteiger partial charge in [-0.3, -0.25) is 4.90 Å². The topological polar surface area (TPSA) is 28.2 Å². The van der Waals surface area contributed by atoms with E-state index in [0.717, 1.165) is 12.2 Å². The van der Waals surface area contributed by atoms with Crippen LogP contribution in [0.2, 0.25) is 0 Å². The first kappa shape index (κ1) is 12.4. The largest absolute Gasteiger partial charge is 0.367 e. The molecule has 1 aliphatic heterocycles. The molecule has 0 aromatic carbocycles. The molecule has 0 radical (unpaired) electrons. The van der Waals surface area contributed by atoms with Crippen molar-refractivity contribution in [2.75, 3.05) is 18.9 Å². The second-order valence-corrected chi connectivity index (χ2v) is 5.03. The Morgan fingerprint density at radius 2 is 2.41 bits per heavy atom. The summed E-state index contributed by atoms with van der Waals surface area (Å²) in [6, 6.07) is 5.28. The Labute approximate surface area is 104 Å². The van der Waals surface area contributed by atoms with E-state index >= 15 is 0 Å². The molecule has 0 unspecified atom stereocenters. The van der Waals surface area contributed by atoms with E-state index in [1.807, 2.05) is 12.3 Å². The molecule has 3 heteroatoms. The van der Waals surface area contributed by atoms with Gasteiger partial charge in [-0.1, -0.05) is 13.0 Å². The van der Waals surface area contributed by atoms with Gasteiger partial charge in [0.2, 0.25) is 0 Å². The number of rotatable bonds is 4. The fraction of sp³-hybridized carbons (Fsp3) is 0.643. The summed E-state index contributed by atoms with van der Waals surface area (Å²) in [6.07, 6.45) is 5.54. The second-order valence-electron chi connectivity index (χ2n) is 5.03. The van der Waals surface area contributed by atoms with Gasteiger partial charge < -0.3 is 5.32 Å². The van der Waals surface area contributed by atoms with E-state index in [2.05, 4.69) is 42.2 Å². The highest BCUT2D eigenvalue weighted by molar-refractivity contribution is 5.46. The van der Waals surface area contributed by atoms with Gasteiger partial charge in [0.25, 0.3) is 0 Å². The predicted molar refractivity (Wildman–Crippen MR) is 72.2 cm³/mol. The van der Waals surface area contributed by atoms with Crippen molar-refractivity contribution in [3.8, 4) is 0 Å². The van der Waals surface area contributed by atoms with E-state index in [1.54, 1.807) is 0 Å². The number of likely N-dealkylation sites (tertiary alicyclic amines) is 1. The van der Waals surface area contributed by atoms with E-state index in [4.69, 9.17) is 0 Å². The molecule has 0 saturated carbocycles. The summed E-state index contributed by atoms with van der Waals surface area (Å²) in [4.78, 5) is 6.94. The van der Waals surface area contributed by atoms with Crippen molar-refractivity contribution >= 4 is 5.82 Å². The third kappa shape index (κ3) is 2.78. The summed E-state index contributed by atoms with van der Waals surface area (Å²) in [5, 5.41) is 3.52. The Morgan fingerprint density at radius 3 is 3.06 bits per heavy atom. The lowest BCUT2D eigenvalue weighted by Crippen LogP contribution is -2.21. The molecule has 2 atom stereocenters. The molecule has 0 bridgehead atoms. The van der Waals surface area contributed by atoms with Crippen LogP contribution in [0.5, 0.6) is 0 Å². The number of hydrogen-bond donors (Lipinski definition) is 1. The molecule has 3 nitrogen and oxygen atoms in total. The minimum atomic E-state index is 0.482. The molecule has 0 amide bonds. The first-order valence-electron chi connectivity index (χ1n) is 6.64. The van der Waals surface area contributed by atoms with Crippen molar-refractivity contribution in [1.82, 2.24) is 9.88 Å². The van der Waals surface area contributed by atoms with Crippen LogP contribution >= 0.6 is 0 Å². The lowest BCUT2D eigenvalue weighted by atomic mass is 10.1. The lowest BCUT2D eigenvalue weighted by molar-refractivity contribution is 0.317. The monoisotopic (exact) mass is 233 g/mol. The summed E-state index contributed by atoms with van der Waals surface area (Å²) in [5.74, 6) is 1.07. The molecule has 1 saturated heterocycles. The van der Waals surface area contributed by atoms with Crippen molar-refractivity contribution in [1.29, 1.82) is 0 Å². The van der Waals surface area contributed by atoms with Crippen LogP contribution < -0.4 is 5.32 Å². The quantitative estimate of drug-likeness (QED) is 0.866. The zero-order valence-electron chi connectivity index (χ0n) is 11.1. The lowest BCUT2D eigenvalue weighted by Gasteiger charge is -2.23. The Bertz CT molecular complexity index is 364. The van der Waals surface area contributed by atoms with E-state index in [0.29, 0.717) is 12.1 Å². The van der Waals surface area contributed by atoms with Gasteiger partial charge >= 0.3 is 0 Å². The maximum Gasteiger partial charge on any atom is 0.130 e. The van der Waals surface area contributed by atoms with Gasteiger partial charge in [0, 0.05) is 23.8 Å². The van der Waals surface area contributed by atoms with Crippen molar-refractivity contribution < 1.29 is 0 Å².